The molecule has 1 aromatic carbocycles. The molecule has 0 radical (unpaired) electrons. The largest absolute Gasteiger partial charge is 0.339 e. The van der Waals surface area contributed by atoms with Crippen molar-refractivity contribution >= 4 is 29.9 Å². The zero-order chi connectivity index (χ0) is 15.0. The van der Waals surface area contributed by atoms with E-state index in [2.05, 4.69) is 25.2 Å². The van der Waals surface area contributed by atoms with Gasteiger partial charge in [-0.2, -0.15) is 0 Å². The second-order valence-corrected chi connectivity index (χ2v) is 6.94. The SMILES string of the molecule is CC(C)N1CC(c2ccccc2Cl)C2(CCNCC2)C1=O.Cl. The van der Waals surface area contributed by atoms with E-state index >= 15 is 0 Å². The highest BCUT2D eigenvalue weighted by molar-refractivity contribution is 6.31. The number of amides is 1. The second kappa shape index (κ2) is 6.77. The van der Waals surface area contributed by atoms with Gasteiger partial charge in [-0.25, -0.2) is 0 Å². The van der Waals surface area contributed by atoms with Crippen molar-refractivity contribution in [3.05, 3.63) is 34.9 Å². The lowest BCUT2D eigenvalue weighted by molar-refractivity contribution is -0.139. The molecule has 1 aromatic rings. The van der Waals surface area contributed by atoms with Gasteiger partial charge in [0.2, 0.25) is 5.91 Å². The predicted octanol–water partition coefficient (Wildman–Crippen LogP) is 3.47. The maximum atomic E-state index is 13.1. The molecule has 3 rings (SSSR count). The molecular formula is C17H24Cl2N2O. The van der Waals surface area contributed by atoms with Crippen molar-refractivity contribution in [1.82, 2.24) is 10.2 Å². The highest BCUT2D eigenvalue weighted by Crippen LogP contribution is 2.51. The van der Waals surface area contributed by atoms with Crippen LogP contribution in [0.15, 0.2) is 24.3 Å². The Labute approximate surface area is 143 Å². The summed E-state index contributed by atoms with van der Waals surface area (Å²) >= 11 is 6.44. The summed E-state index contributed by atoms with van der Waals surface area (Å²) < 4.78 is 0. The number of hydrogen-bond acceptors (Lipinski definition) is 2. The Bertz CT molecular complexity index is 541. The molecule has 0 saturated carbocycles. The summed E-state index contributed by atoms with van der Waals surface area (Å²) in [6, 6.07) is 8.26. The van der Waals surface area contributed by atoms with E-state index in [-0.39, 0.29) is 29.8 Å². The van der Waals surface area contributed by atoms with Crippen molar-refractivity contribution in [3.63, 3.8) is 0 Å². The fourth-order valence-electron chi connectivity index (χ4n) is 3.92. The van der Waals surface area contributed by atoms with Crippen molar-refractivity contribution in [3.8, 4) is 0 Å². The molecule has 2 fully saturated rings. The number of carbonyl (C=O) groups excluding carboxylic acids is 1. The predicted molar refractivity (Wildman–Crippen MR) is 92.8 cm³/mol. The van der Waals surface area contributed by atoms with Gasteiger partial charge in [0.05, 0.1) is 5.41 Å². The van der Waals surface area contributed by atoms with Crippen LogP contribution in [0.2, 0.25) is 5.02 Å². The molecule has 0 bridgehead atoms. The van der Waals surface area contributed by atoms with Gasteiger partial charge < -0.3 is 10.2 Å². The average Bonchev–Trinajstić information content (AvgIpc) is 2.74. The average molecular weight is 343 g/mol. The summed E-state index contributed by atoms with van der Waals surface area (Å²) in [7, 11) is 0. The van der Waals surface area contributed by atoms with Gasteiger partial charge in [0.25, 0.3) is 0 Å². The number of piperidine rings is 1. The van der Waals surface area contributed by atoms with Gasteiger partial charge >= 0.3 is 0 Å². The molecule has 22 heavy (non-hydrogen) atoms. The Morgan fingerprint density at radius 2 is 1.91 bits per heavy atom. The van der Waals surface area contributed by atoms with Crippen molar-refractivity contribution < 1.29 is 4.79 Å². The van der Waals surface area contributed by atoms with E-state index < -0.39 is 0 Å². The molecular weight excluding hydrogens is 319 g/mol. The van der Waals surface area contributed by atoms with Crippen LogP contribution in [0, 0.1) is 5.41 Å². The number of hydrogen-bond donors (Lipinski definition) is 1. The number of benzene rings is 1. The summed E-state index contributed by atoms with van der Waals surface area (Å²) in [6.45, 7) is 6.82. The third-order valence-corrected chi connectivity index (χ3v) is 5.48. The zero-order valence-corrected chi connectivity index (χ0v) is 14.7. The maximum absolute atomic E-state index is 13.1. The van der Waals surface area contributed by atoms with Gasteiger partial charge in [0.1, 0.15) is 0 Å². The van der Waals surface area contributed by atoms with Crippen molar-refractivity contribution in [1.29, 1.82) is 0 Å². The first-order valence-electron chi connectivity index (χ1n) is 7.82. The lowest BCUT2D eigenvalue weighted by Crippen LogP contribution is -2.45. The Morgan fingerprint density at radius 1 is 1.27 bits per heavy atom. The fraction of sp³-hybridized carbons (Fsp3) is 0.588. The van der Waals surface area contributed by atoms with Gasteiger partial charge in [0, 0.05) is 23.5 Å². The summed E-state index contributed by atoms with van der Waals surface area (Å²) in [5, 5.41) is 4.17. The smallest absolute Gasteiger partial charge is 0.229 e. The number of nitrogens with one attached hydrogen (secondary N) is 1. The van der Waals surface area contributed by atoms with Crippen LogP contribution in [-0.4, -0.2) is 36.5 Å². The van der Waals surface area contributed by atoms with Gasteiger partial charge in [0.15, 0.2) is 0 Å². The molecule has 1 spiro atoms. The topological polar surface area (TPSA) is 32.3 Å². The molecule has 0 aliphatic carbocycles. The molecule has 1 atom stereocenters. The Morgan fingerprint density at radius 3 is 2.50 bits per heavy atom. The number of rotatable bonds is 2. The molecule has 0 aromatic heterocycles. The summed E-state index contributed by atoms with van der Waals surface area (Å²) in [6.07, 6.45) is 1.82. The van der Waals surface area contributed by atoms with Crippen LogP contribution in [0.1, 0.15) is 38.2 Å². The first kappa shape index (κ1) is 17.6. The zero-order valence-electron chi connectivity index (χ0n) is 13.1. The van der Waals surface area contributed by atoms with E-state index in [0.717, 1.165) is 43.1 Å². The quantitative estimate of drug-likeness (QED) is 0.892. The summed E-state index contributed by atoms with van der Waals surface area (Å²) in [4.78, 5) is 15.1. The molecule has 2 saturated heterocycles. The first-order chi connectivity index (χ1) is 10.1. The monoisotopic (exact) mass is 342 g/mol. The number of halogens is 2. The summed E-state index contributed by atoms with van der Waals surface area (Å²) in [5.41, 5.74) is 0.873. The molecule has 1 N–H and O–H groups in total. The highest BCUT2D eigenvalue weighted by Gasteiger charge is 2.55. The second-order valence-electron chi connectivity index (χ2n) is 6.53. The van der Waals surface area contributed by atoms with Crippen LogP contribution in [0.4, 0.5) is 0 Å². The van der Waals surface area contributed by atoms with Crippen LogP contribution in [0.3, 0.4) is 0 Å². The Hall–Kier alpha value is -0.770. The first-order valence-corrected chi connectivity index (χ1v) is 8.20. The van der Waals surface area contributed by atoms with Crippen LogP contribution < -0.4 is 5.32 Å². The van der Waals surface area contributed by atoms with Crippen LogP contribution in [0.25, 0.3) is 0 Å². The van der Waals surface area contributed by atoms with E-state index in [4.69, 9.17) is 11.6 Å². The lowest BCUT2D eigenvalue weighted by Gasteiger charge is -2.37. The summed E-state index contributed by atoms with van der Waals surface area (Å²) in [5.74, 6) is 0.534. The molecule has 2 aliphatic heterocycles. The Kier molecular flexibility index (Phi) is 5.41. The van der Waals surface area contributed by atoms with Gasteiger partial charge in [-0.3, -0.25) is 4.79 Å². The minimum absolute atomic E-state index is 0. The van der Waals surface area contributed by atoms with Crippen LogP contribution in [-0.2, 0) is 4.79 Å². The van der Waals surface area contributed by atoms with Gasteiger partial charge in [-0.05, 0) is 51.4 Å². The number of likely N-dealkylation sites (tertiary alicyclic amines) is 1. The van der Waals surface area contributed by atoms with E-state index in [1.165, 1.54) is 0 Å². The lowest BCUT2D eigenvalue weighted by atomic mass is 9.68. The highest BCUT2D eigenvalue weighted by atomic mass is 35.5. The molecule has 1 unspecified atom stereocenters. The Balaban J connectivity index is 0.00000176. The number of nitrogens with zero attached hydrogens (tertiary/aromatic N) is 1. The fourth-order valence-corrected chi connectivity index (χ4v) is 4.19. The minimum atomic E-state index is -0.263. The standard InChI is InChI=1S/C17H23ClN2O.ClH/c1-12(2)20-11-14(13-5-3-4-6-15(13)18)17(16(20)21)7-9-19-10-8-17;/h3-6,12,14,19H,7-11H2,1-2H3;1H. The van der Waals surface area contributed by atoms with E-state index in [9.17, 15) is 4.79 Å². The van der Waals surface area contributed by atoms with E-state index in [1.54, 1.807) is 0 Å². The third kappa shape index (κ3) is 2.75. The molecule has 2 aliphatic rings. The van der Waals surface area contributed by atoms with E-state index in [0.29, 0.717) is 5.91 Å². The third-order valence-electron chi connectivity index (χ3n) is 5.13. The van der Waals surface area contributed by atoms with E-state index in [1.807, 2.05) is 23.1 Å². The minimum Gasteiger partial charge on any atom is -0.339 e. The molecule has 5 heteroatoms. The van der Waals surface area contributed by atoms with Gasteiger partial charge in [-0.1, -0.05) is 29.8 Å². The van der Waals surface area contributed by atoms with Gasteiger partial charge in [-0.15, -0.1) is 12.4 Å². The van der Waals surface area contributed by atoms with Crippen LogP contribution >= 0.6 is 24.0 Å². The van der Waals surface area contributed by atoms with Crippen LogP contribution in [0.5, 0.6) is 0 Å². The number of carbonyl (C=O) groups is 1. The maximum Gasteiger partial charge on any atom is 0.229 e. The molecule has 1 amide bonds. The molecule has 2 heterocycles. The van der Waals surface area contributed by atoms with Crippen molar-refractivity contribution in [2.45, 2.75) is 38.6 Å². The van der Waals surface area contributed by atoms with Crippen molar-refractivity contribution in [2.24, 2.45) is 5.41 Å². The molecule has 3 nitrogen and oxygen atoms in total. The molecule has 122 valence electrons. The normalized spacial score (nSPS) is 23.9. The van der Waals surface area contributed by atoms with Crippen molar-refractivity contribution in [2.75, 3.05) is 19.6 Å².